The Balaban J connectivity index is 1.53. The van der Waals surface area contributed by atoms with Crippen molar-refractivity contribution in [1.29, 1.82) is 0 Å². The second-order valence-electron chi connectivity index (χ2n) is 6.37. The highest BCUT2D eigenvalue weighted by molar-refractivity contribution is 5.98. The van der Waals surface area contributed by atoms with Gasteiger partial charge in [-0.15, -0.1) is 0 Å². The molecule has 4 rings (SSSR count). The van der Waals surface area contributed by atoms with Crippen LogP contribution in [0.25, 0.3) is 10.8 Å². The van der Waals surface area contributed by atoms with Crippen molar-refractivity contribution in [3.63, 3.8) is 0 Å². The van der Waals surface area contributed by atoms with Gasteiger partial charge in [0.05, 0.1) is 13.2 Å². The molecule has 0 saturated carbocycles. The topological polar surface area (TPSA) is 58.6 Å². The molecule has 2 N–H and O–H groups in total. The van der Waals surface area contributed by atoms with Crippen LogP contribution in [0, 0.1) is 0 Å². The SMILES string of the molecule is O=C(NCC1(O)CCOc2ccccc21)c1ccc2ccccc2c1. The molecule has 126 valence electrons. The number of hydrogen-bond donors (Lipinski definition) is 2. The van der Waals surface area contributed by atoms with Crippen molar-refractivity contribution in [2.24, 2.45) is 0 Å². The predicted molar refractivity (Wildman–Crippen MR) is 96.7 cm³/mol. The number of fused-ring (bicyclic) bond motifs is 2. The van der Waals surface area contributed by atoms with Crippen molar-refractivity contribution in [2.45, 2.75) is 12.0 Å². The summed E-state index contributed by atoms with van der Waals surface area (Å²) in [5, 5.41) is 16.0. The molecule has 3 aromatic carbocycles. The predicted octanol–water partition coefficient (Wildman–Crippen LogP) is 3.24. The van der Waals surface area contributed by atoms with Gasteiger partial charge >= 0.3 is 0 Å². The summed E-state index contributed by atoms with van der Waals surface area (Å²) in [6.45, 7) is 0.582. The largest absolute Gasteiger partial charge is 0.493 e. The molecular formula is C21H19NO3. The highest BCUT2D eigenvalue weighted by Crippen LogP contribution is 2.36. The Morgan fingerprint density at radius 3 is 2.68 bits per heavy atom. The van der Waals surface area contributed by atoms with Gasteiger partial charge in [0.15, 0.2) is 0 Å². The summed E-state index contributed by atoms with van der Waals surface area (Å²) in [5.74, 6) is 0.486. The molecule has 1 atom stereocenters. The zero-order valence-corrected chi connectivity index (χ0v) is 13.7. The number of benzene rings is 3. The molecule has 4 nitrogen and oxygen atoms in total. The lowest BCUT2D eigenvalue weighted by molar-refractivity contribution is -0.00160. The van der Waals surface area contributed by atoms with Crippen molar-refractivity contribution in [2.75, 3.05) is 13.2 Å². The lowest BCUT2D eigenvalue weighted by Gasteiger charge is -2.34. The Labute approximate surface area is 146 Å². The second kappa shape index (κ2) is 6.22. The first kappa shape index (κ1) is 15.7. The number of hydrogen-bond acceptors (Lipinski definition) is 3. The van der Waals surface area contributed by atoms with Gasteiger partial charge in [-0.05, 0) is 29.0 Å². The third kappa shape index (κ3) is 2.96. The molecule has 0 aliphatic carbocycles. The van der Waals surface area contributed by atoms with Gasteiger partial charge < -0.3 is 15.2 Å². The van der Waals surface area contributed by atoms with E-state index in [2.05, 4.69) is 5.32 Å². The summed E-state index contributed by atoms with van der Waals surface area (Å²) in [7, 11) is 0. The summed E-state index contributed by atoms with van der Waals surface area (Å²) >= 11 is 0. The molecule has 1 heterocycles. The van der Waals surface area contributed by atoms with Crippen LogP contribution in [0.3, 0.4) is 0 Å². The van der Waals surface area contributed by atoms with Gasteiger partial charge in [0.2, 0.25) is 0 Å². The molecule has 1 amide bonds. The average molecular weight is 333 g/mol. The number of para-hydroxylation sites is 1. The third-order valence-corrected chi connectivity index (χ3v) is 4.71. The molecule has 0 fully saturated rings. The molecule has 1 aliphatic heterocycles. The molecule has 25 heavy (non-hydrogen) atoms. The first-order chi connectivity index (χ1) is 12.2. The first-order valence-corrected chi connectivity index (χ1v) is 8.37. The van der Waals surface area contributed by atoms with Gasteiger partial charge in [-0.25, -0.2) is 0 Å². The fraction of sp³-hybridized carbons (Fsp3) is 0.190. The maximum atomic E-state index is 12.5. The zero-order chi connectivity index (χ0) is 17.3. The van der Waals surface area contributed by atoms with Gasteiger partial charge in [0, 0.05) is 17.5 Å². The molecule has 0 saturated heterocycles. The highest BCUT2D eigenvalue weighted by atomic mass is 16.5. The van der Waals surface area contributed by atoms with Gasteiger partial charge in [0.1, 0.15) is 11.4 Å². The van der Waals surface area contributed by atoms with E-state index >= 15 is 0 Å². The quantitative estimate of drug-likeness (QED) is 0.774. The smallest absolute Gasteiger partial charge is 0.251 e. The molecule has 1 unspecified atom stereocenters. The molecule has 0 spiro atoms. The van der Waals surface area contributed by atoms with E-state index in [1.165, 1.54) is 0 Å². The lowest BCUT2D eigenvalue weighted by atomic mass is 9.88. The fourth-order valence-corrected chi connectivity index (χ4v) is 3.28. The van der Waals surface area contributed by atoms with Crippen LogP contribution in [0.4, 0.5) is 0 Å². The van der Waals surface area contributed by atoms with E-state index in [4.69, 9.17) is 4.74 Å². The van der Waals surface area contributed by atoms with Gasteiger partial charge in [-0.2, -0.15) is 0 Å². The van der Waals surface area contributed by atoms with E-state index in [-0.39, 0.29) is 12.5 Å². The summed E-state index contributed by atoms with van der Waals surface area (Å²) in [6.07, 6.45) is 0.446. The number of ether oxygens (including phenoxy) is 1. The van der Waals surface area contributed by atoms with E-state index in [0.717, 1.165) is 16.3 Å². The number of carbonyl (C=O) groups is 1. The molecule has 0 aromatic heterocycles. The van der Waals surface area contributed by atoms with Gasteiger partial charge in [-0.1, -0.05) is 48.5 Å². The monoisotopic (exact) mass is 333 g/mol. The second-order valence-corrected chi connectivity index (χ2v) is 6.37. The Morgan fingerprint density at radius 1 is 1.04 bits per heavy atom. The average Bonchev–Trinajstić information content (AvgIpc) is 2.66. The summed E-state index contributed by atoms with van der Waals surface area (Å²) < 4.78 is 5.59. The molecular weight excluding hydrogens is 314 g/mol. The normalized spacial score (nSPS) is 19.1. The van der Waals surface area contributed by atoms with Crippen LogP contribution in [0.15, 0.2) is 66.7 Å². The first-order valence-electron chi connectivity index (χ1n) is 8.37. The van der Waals surface area contributed by atoms with Gasteiger partial charge in [-0.3, -0.25) is 4.79 Å². The van der Waals surface area contributed by atoms with Crippen LogP contribution in [-0.4, -0.2) is 24.2 Å². The Kier molecular flexibility index (Phi) is 3.90. The van der Waals surface area contributed by atoms with Crippen LogP contribution in [0.1, 0.15) is 22.3 Å². The maximum Gasteiger partial charge on any atom is 0.251 e. The third-order valence-electron chi connectivity index (χ3n) is 4.71. The Morgan fingerprint density at radius 2 is 1.80 bits per heavy atom. The Bertz CT molecular complexity index is 937. The van der Waals surface area contributed by atoms with Crippen molar-refractivity contribution in [1.82, 2.24) is 5.32 Å². The van der Waals surface area contributed by atoms with Gasteiger partial charge in [0.25, 0.3) is 5.91 Å². The molecule has 3 aromatic rings. The van der Waals surface area contributed by atoms with Crippen molar-refractivity contribution in [3.05, 3.63) is 77.9 Å². The summed E-state index contributed by atoms with van der Waals surface area (Å²) in [4.78, 5) is 12.5. The number of aliphatic hydroxyl groups is 1. The number of carbonyl (C=O) groups excluding carboxylic acids is 1. The van der Waals surface area contributed by atoms with Crippen LogP contribution in [0.2, 0.25) is 0 Å². The minimum atomic E-state index is -1.11. The van der Waals surface area contributed by atoms with E-state index in [0.29, 0.717) is 24.3 Å². The van der Waals surface area contributed by atoms with E-state index in [1.54, 1.807) is 6.07 Å². The molecule has 0 radical (unpaired) electrons. The molecule has 0 bridgehead atoms. The fourth-order valence-electron chi connectivity index (χ4n) is 3.28. The van der Waals surface area contributed by atoms with Crippen molar-refractivity contribution >= 4 is 16.7 Å². The highest BCUT2D eigenvalue weighted by Gasteiger charge is 2.35. The lowest BCUT2D eigenvalue weighted by Crippen LogP contribution is -2.43. The maximum absolute atomic E-state index is 12.5. The van der Waals surface area contributed by atoms with Crippen LogP contribution in [0.5, 0.6) is 5.75 Å². The number of rotatable bonds is 3. The Hall–Kier alpha value is -2.85. The van der Waals surface area contributed by atoms with E-state index < -0.39 is 5.60 Å². The molecule has 1 aliphatic rings. The van der Waals surface area contributed by atoms with E-state index in [9.17, 15) is 9.90 Å². The number of nitrogens with one attached hydrogen (secondary N) is 1. The number of amides is 1. The minimum absolute atomic E-state index is 0.152. The van der Waals surface area contributed by atoms with Crippen LogP contribution < -0.4 is 10.1 Å². The van der Waals surface area contributed by atoms with Crippen molar-refractivity contribution in [3.8, 4) is 5.75 Å². The summed E-state index contributed by atoms with van der Waals surface area (Å²) in [5.41, 5.74) is 0.198. The van der Waals surface area contributed by atoms with E-state index in [1.807, 2.05) is 60.7 Å². The standard InChI is InChI=1S/C21H19NO3/c23-20(17-10-9-15-5-1-2-6-16(15)13-17)22-14-21(24)11-12-25-19-8-4-3-7-18(19)21/h1-10,13,24H,11-12,14H2,(H,22,23). The molecule has 4 heteroatoms. The minimum Gasteiger partial charge on any atom is -0.493 e. The van der Waals surface area contributed by atoms with Crippen LogP contribution >= 0.6 is 0 Å². The zero-order valence-electron chi connectivity index (χ0n) is 13.7. The van der Waals surface area contributed by atoms with Crippen LogP contribution in [-0.2, 0) is 5.60 Å². The van der Waals surface area contributed by atoms with Crippen molar-refractivity contribution < 1.29 is 14.6 Å². The summed E-state index contributed by atoms with van der Waals surface area (Å²) in [6, 6.07) is 20.9.